The summed E-state index contributed by atoms with van der Waals surface area (Å²) in [5.41, 5.74) is 1.65. The lowest BCUT2D eigenvalue weighted by atomic mass is 10.1. The summed E-state index contributed by atoms with van der Waals surface area (Å²) in [7, 11) is 1.61. The van der Waals surface area contributed by atoms with Crippen molar-refractivity contribution >= 4 is 35.2 Å². The zero-order valence-corrected chi connectivity index (χ0v) is 14.4. The molecule has 23 heavy (non-hydrogen) atoms. The predicted molar refractivity (Wildman–Crippen MR) is 95.0 cm³/mol. The molecule has 0 aliphatic rings. The molecule has 2 aromatic carbocycles. The molecule has 0 heterocycles. The van der Waals surface area contributed by atoms with Gasteiger partial charge in [-0.15, -0.1) is 0 Å². The van der Waals surface area contributed by atoms with Crippen LogP contribution in [0.4, 0.5) is 0 Å². The summed E-state index contributed by atoms with van der Waals surface area (Å²) in [6, 6.07) is 12.5. The molecule has 0 saturated heterocycles. The first-order chi connectivity index (χ1) is 11.0. The third-order valence-electron chi connectivity index (χ3n) is 3.34. The quantitative estimate of drug-likeness (QED) is 0.780. The van der Waals surface area contributed by atoms with Crippen LogP contribution >= 0.6 is 23.2 Å². The van der Waals surface area contributed by atoms with Gasteiger partial charge in [-0.2, -0.15) is 0 Å². The van der Waals surface area contributed by atoms with Crippen LogP contribution in [-0.4, -0.2) is 13.0 Å². The van der Waals surface area contributed by atoms with E-state index in [4.69, 9.17) is 27.9 Å². The maximum atomic E-state index is 12.1. The van der Waals surface area contributed by atoms with Crippen molar-refractivity contribution in [1.29, 1.82) is 0 Å². The Morgan fingerprint density at radius 2 is 1.96 bits per heavy atom. The van der Waals surface area contributed by atoms with E-state index in [2.05, 4.69) is 5.32 Å². The molecule has 5 heteroatoms. The van der Waals surface area contributed by atoms with Crippen molar-refractivity contribution in [2.75, 3.05) is 7.11 Å². The number of rotatable bonds is 5. The predicted octanol–water partition coefficient (Wildman–Crippen LogP) is 4.89. The highest BCUT2D eigenvalue weighted by atomic mass is 35.5. The molecular weight excluding hydrogens is 333 g/mol. The molecule has 120 valence electrons. The van der Waals surface area contributed by atoms with Gasteiger partial charge in [0.05, 0.1) is 13.2 Å². The fourth-order valence-electron chi connectivity index (χ4n) is 2.17. The molecule has 0 aromatic heterocycles. The average molecular weight is 350 g/mol. The van der Waals surface area contributed by atoms with Crippen LogP contribution in [0.2, 0.25) is 10.0 Å². The molecule has 0 fully saturated rings. The number of hydrogen-bond acceptors (Lipinski definition) is 2. The maximum Gasteiger partial charge on any atom is 0.244 e. The maximum absolute atomic E-state index is 12.1. The number of hydrogen-bond donors (Lipinski definition) is 1. The number of carbonyl (C=O) groups excluding carboxylic acids is 1. The minimum absolute atomic E-state index is 0.177. The Bertz CT molecular complexity index is 729. The van der Waals surface area contributed by atoms with Crippen LogP contribution in [0.1, 0.15) is 24.1 Å². The number of carbonyl (C=O) groups is 1. The lowest BCUT2D eigenvalue weighted by Gasteiger charge is -2.16. The summed E-state index contributed by atoms with van der Waals surface area (Å²) in [6.45, 7) is 1.90. The number of benzene rings is 2. The molecule has 1 amide bonds. The van der Waals surface area contributed by atoms with Gasteiger partial charge in [0.25, 0.3) is 0 Å². The number of halogens is 2. The smallest absolute Gasteiger partial charge is 0.244 e. The van der Waals surface area contributed by atoms with E-state index in [1.807, 2.05) is 31.2 Å². The third-order valence-corrected chi connectivity index (χ3v) is 3.90. The number of para-hydroxylation sites is 1. The largest absolute Gasteiger partial charge is 0.496 e. The van der Waals surface area contributed by atoms with Crippen molar-refractivity contribution < 1.29 is 9.53 Å². The molecule has 3 nitrogen and oxygen atoms in total. The van der Waals surface area contributed by atoms with Gasteiger partial charge in [0.15, 0.2) is 0 Å². The van der Waals surface area contributed by atoms with Crippen LogP contribution < -0.4 is 10.1 Å². The number of ether oxygens (including phenoxy) is 1. The van der Waals surface area contributed by atoms with Crippen molar-refractivity contribution in [2.24, 2.45) is 0 Å². The Morgan fingerprint density at radius 3 is 2.65 bits per heavy atom. The molecule has 2 rings (SSSR count). The van der Waals surface area contributed by atoms with Crippen LogP contribution in [-0.2, 0) is 4.79 Å². The van der Waals surface area contributed by atoms with E-state index in [9.17, 15) is 4.79 Å². The second kappa shape index (κ2) is 8.04. The van der Waals surface area contributed by atoms with Crippen molar-refractivity contribution in [3.63, 3.8) is 0 Å². The monoisotopic (exact) mass is 349 g/mol. The van der Waals surface area contributed by atoms with Gasteiger partial charge >= 0.3 is 0 Å². The fourth-order valence-corrected chi connectivity index (χ4v) is 2.64. The standard InChI is InChI=1S/C18H17Cl2NO2/c1-12(15-5-3-4-6-17(15)23-2)21-18(22)10-8-13-7-9-14(19)11-16(13)20/h3-12H,1-2H3,(H,21,22)/b10-8+/t12-/m0/s1. The van der Waals surface area contributed by atoms with E-state index < -0.39 is 0 Å². The van der Waals surface area contributed by atoms with Gasteiger partial charge in [0.1, 0.15) is 5.75 Å². The van der Waals surface area contributed by atoms with Crippen molar-refractivity contribution in [2.45, 2.75) is 13.0 Å². The molecule has 0 saturated carbocycles. The van der Waals surface area contributed by atoms with Gasteiger partial charge in [-0.05, 0) is 36.8 Å². The Labute approximate surface area is 145 Å². The van der Waals surface area contributed by atoms with Gasteiger partial charge < -0.3 is 10.1 Å². The summed E-state index contributed by atoms with van der Waals surface area (Å²) >= 11 is 11.9. The topological polar surface area (TPSA) is 38.3 Å². The second-order valence-corrected chi connectivity index (χ2v) is 5.82. The summed E-state index contributed by atoms with van der Waals surface area (Å²) in [6.07, 6.45) is 3.10. The second-order valence-electron chi connectivity index (χ2n) is 4.97. The average Bonchev–Trinajstić information content (AvgIpc) is 2.54. The molecule has 0 aliphatic heterocycles. The third kappa shape index (κ3) is 4.75. The SMILES string of the molecule is COc1ccccc1[C@H](C)NC(=O)/C=C/c1ccc(Cl)cc1Cl. The fraction of sp³-hybridized carbons (Fsp3) is 0.167. The van der Waals surface area contributed by atoms with E-state index >= 15 is 0 Å². The lowest BCUT2D eigenvalue weighted by molar-refractivity contribution is -0.117. The Balaban J connectivity index is 2.05. The van der Waals surface area contributed by atoms with Gasteiger partial charge in [0, 0.05) is 21.7 Å². The van der Waals surface area contributed by atoms with E-state index in [0.29, 0.717) is 10.0 Å². The highest BCUT2D eigenvalue weighted by molar-refractivity contribution is 6.35. The first-order valence-corrected chi connectivity index (χ1v) is 7.83. The summed E-state index contributed by atoms with van der Waals surface area (Å²) in [5, 5.41) is 3.95. The zero-order chi connectivity index (χ0) is 16.8. The minimum Gasteiger partial charge on any atom is -0.496 e. The first-order valence-electron chi connectivity index (χ1n) is 7.08. The van der Waals surface area contributed by atoms with Crippen LogP contribution in [0.5, 0.6) is 5.75 Å². The van der Waals surface area contributed by atoms with Gasteiger partial charge in [0.2, 0.25) is 5.91 Å². The zero-order valence-electron chi connectivity index (χ0n) is 12.8. The van der Waals surface area contributed by atoms with Crippen molar-refractivity contribution in [1.82, 2.24) is 5.32 Å². The number of nitrogens with one attached hydrogen (secondary N) is 1. The normalized spacial score (nSPS) is 12.2. The Morgan fingerprint density at radius 1 is 1.22 bits per heavy atom. The van der Waals surface area contributed by atoms with Crippen LogP contribution in [0, 0.1) is 0 Å². The van der Waals surface area contributed by atoms with E-state index in [1.165, 1.54) is 6.08 Å². The lowest BCUT2D eigenvalue weighted by Crippen LogP contribution is -2.24. The molecule has 0 radical (unpaired) electrons. The van der Waals surface area contributed by atoms with Gasteiger partial charge in [-0.3, -0.25) is 4.79 Å². The van der Waals surface area contributed by atoms with Crippen molar-refractivity contribution in [3.8, 4) is 5.75 Å². The van der Waals surface area contributed by atoms with E-state index in [1.54, 1.807) is 31.4 Å². The highest BCUT2D eigenvalue weighted by Gasteiger charge is 2.12. The minimum atomic E-state index is -0.213. The van der Waals surface area contributed by atoms with Crippen LogP contribution in [0.25, 0.3) is 6.08 Å². The molecule has 1 N–H and O–H groups in total. The van der Waals surface area contributed by atoms with Crippen molar-refractivity contribution in [3.05, 3.63) is 69.7 Å². The van der Waals surface area contributed by atoms with E-state index in [-0.39, 0.29) is 11.9 Å². The molecular formula is C18H17Cl2NO2. The van der Waals surface area contributed by atoms with E-state index in [0.717, 1.165) is 16.9 Å². The van der Waals surface area contributed by atoms with Gasteiger partial charge in [-0.1, -0.05) is 47.5 Å². The van der Waals surface area contributed by atoms with Gasteiger partial charge in [-0.25, -0.2) is 0 Å². The first kappa shape index (κ1) is 17.4. The highest BCUT2D eigenvalue weighted by Crippen LogP contribution is 2.24. The molecule has 0 unspecified atom stereocenters. The molecule has 2 aromatic rings. The summed E-state index contributed by atoms with van der Waals surface area (Å²) in [4.78, 5) is 12.1. The Hall–Kier alpha value is -1.97. The summed E-state index contributed by atoms with van der Waals surface area (Å²) < 4.78 is 5.30. The molecule has 0 aliphatic carbocycles. The summed E-state index contributed by atoms with van der Waals surface area (Å²) in [5.74, 6) is 0.527. The molecule has 0 spiro atoms. The van der Waals surface area contributed by atoms with Crippen LogP contribution in [0.15, 0.2) is 48.5 Å². The molecule has 1 atom stereocenters. The number of methoxy groups -OCH3 is 1. The number of amides is 1. The molecule has 0 bridgehead atoms. The Kier molecular flexibility index (Phi) is 6.08. The van der Waals surface area contributed by atoms with Crippen LogP contribution in [0.3, 0.4) is 0 Å².